The van der Waals surface area contributed by atoms with Crippen LogP contribution in [0.2, 0.25) is 0 Å². The normalized spacial score (nSPS) is 16.9. The fraction of sp³-hybridized carbons (Fsp3) is 0.364. The molecule has 1 amide bonds. The molecule has 5 rings (SSSR count). The molecule has 0 spiro atoms. The van der Waals surface area contributed by atoms with Crippen molar-refractivity contribution in [2.75, 3.05) is 30.9 Å². The van der Waals surface area contributed by atoms with Gasteiger partial charge in [-0.05, 0) is 86.4 Å². The monoisotopic (exact) mass is 537 g/mol. The van der Waals surface area contributed by atoms with Crippen LogP contribution in [-0.2, 0) is 6.61 Å². The van der Waals surface area contributed by atoms with Gasteiger partial charge in [-0.1, -0.05) is 42.5 Å². The molecule has 1 aliphatic rings. The third-order valence-electron chi connectivity index (χ3n) is 7.69. The van der Waals surface area contributed by atoms with Crippen molar-refractivity contribution in [3.63, 3.8) is 0 Å². The summed E-state index contributed by atoms with van der Waals surface area (Å²) in [6.45, 7) is 5.20. The molecule has 0 bridgehead atoms. The summed E-state index contributed by atoms with van der Waals surface area (Å²) in [7, 11) is 4.02. The van der Waals surface area contributed by atoms with Gasteiger partial charge in [-0.2, -0.15) is 4.98 Å². The maximum atomic E-state index is 13.0. The summed E-state index contributed by atoms with van der Waals surface area (Å²) < 4.78 is 6.09. The smallest absolute Gasteiger partial charge is 0.251 e. The summed E-state index contributed by atoms with van der Waals surface area (Å²) in [5.41, 5.74) is 4.70. The number of hydrogen-bond donors (Lipinski definition) is 2. The second-order valence-electron chi connectivity index (χ2n) is 11.1. The van der Waals surface area contributed by atoms with Crippen molar-refractivity contribution >= 4 is 28.6 Å². The third kappa shape index (κ3) is 6.53. The van der Waals surface area contributed by atoms with Gasteiger partial charge >= 0.3 is 0 Å². The van der Waals surface area contributed by atoms with Crippen LogP contribution < -0.4 is 20.3 Å². The number of anilines is 2. The first-order chi connectivity index (χ1) is 19.4. The molecule has 0 atom stereocenters. The lowest BCUT2D eigenvalue weighted by molar-refractivity contribution is 0.0943. The first-order valence-corrected chi connectivity index (χ1v) is 14.1. The molecule has 7 heteroatoms. The number of nitrogens with zero attached hydrogens (tertiary/aromatic N) is 3. The van der Waals surface area contributed by atoms with Crippen LogP contribution in [0, 0.1) is 19.8 Å². The lowest BCUT2D eigenvalue weighted by atomic mass is 9.86. The Morgan fingerprint density at radius 1 is 0.925 bits per heavy atom. The van der Waals surface area contributed by atoms with Crippen LogP contribution in [0.4, 0.5) is 11.8 Å². The van der Waals surface area contributed by atoms with Gasteiger partial charge < -0.3 is 20.3 Å². The molecule has 7 nitrogen and oxygen atoms in total. The quantitative estimate of drug-likeness (QED) is 0.261. The summed E-state index contributed by atoms with van der Waals surface area (Å²) in [5.74, 6) is 2.89. The first-order valence-electron chi connectivity index (χ1n) is 14.1. The molecular formula is C33H39N5O2. The van der Waals surface area contributed by atoms with Crippen molar-refractivity contribution in [1.29, 1.82) is 0 Å². The van der Waals surface area contributed by atoms with E-state index in [0.29, 0.717) is 36.6 Å². The van der Waals surface area contributed by atoms with Gasteiger partial charge in [-0.25, -0.2) is 4.98 Å². The molecule has 40 heavy (non-hydrogen) atoms. The van der Waals surface area contributed by atoms with E-state index in [4.69, 9.17) is 14.7 Å². The fourth-order valence-corrected chi connectivity index (χ4v) is 5.54. The zero-order valence-corrected chi connectivity index (χ0v) is 23.9. The van der Waals surface area contributed by atoms with Crippen LogP contribution in [-0.4, -0.2) is 42.6 Å². The van der Waals surface area contributed by atoms with Gasteiger partial charge in [0.2, 0.25) is 5.95 Å². The summed E-state index contributed by atoms with van der Waals surface area (Å²) in [4.78, 5) is 24.6. The number of fused-ring (bicyclic) bond motifs is 1. The number of benzene rings is 3. The Bertz CT molecular complexity index is 1440. The van der Waals surface area contributed by atoms with E-state index in [-0.39, 0.29) is 5.91 Å². The van der Waals surface area contributed by atoms with E-state index >= 15 is 0 Å². The standard InChI is InChI=1S/C33H39N5O2/c1-22-18-26(19-23(2)30(22)40-21-25-10-6-5-7-11-25)32(39)34-20-24-14-16-27(17-15-24)35-33-36-29-13-9-8-12-28(29)31(37-33)38(3)4/h5-13,18-19,24,27H,14-17,20-21H2,1-4H3,(H,34,39)(H,35,36,37). The number of ether oxygens (including phenoxy) is 1. The molecule has 1 fully saturated rings. The Morgan fingerprint density at radius 3 is 2.30 bits per heavy atom. The molecular weight excluding hydrogens is 498 g/mol. The van der Waals surface area contributed by atoms with Crippen molar-refractivity contribution in [3.8, 4) is 5.75 Å². The average Bonchev–Trinajstić information content (AvgIpc) is 2.96. The Balaban J connectivity index is 1.12. The number of rotatable bonds is 9. The molecule has 0 saturated heterocycles. The summed E-state index contributed by atoms with van der Waals surface area (Å²) >= 11 is 0. The second kappa shape index (κ2) is 12.4. The van der Waals surface area contributed by atoms with Crippen LogP contribution in [0.5, 0.6) is 5.75 Å². The molecule has 208 valence electrons. The predicted molar refractivity (Wildman–Crippen MR) is 162 cm³/mol. The van der Waals surface area contributed by atoms with E-state index in [1.54, 1.807) is 0 Å². The zero-order chi connectivity index (χ0) is 28.1. The minimum absolute atomic E-state index is 0.0261. The van der Waals surface area contributed by atoms with Crippen molar-refractivity contribution in [2.45, 2.75) is 52.2 Å². The van der Waals surface area contributed by atoms with Crippen molar-refractivity contribution in [2.24, 2.45) is 5.92 Å². The van der Waals surface area contributed by atoms with Gasteiger partial charge in [0.05, 0.1) is 5.52 Å². The number of carbonyl (C=O) groups is 1. The molecule has 0 aliphatic heterocycles. The third-order valence-corrected chi connectivity index (χ3v) is 7.69. The number of nitrogens with one attached hydrogen (secondary N) is 2. The lowest BCUT2D eigenvalue weighted by Gasteiger charge is -2.29. The van der Waals surface area contributed by atoms with Crippen LogP contribution in [0.25, 0.3) is 10.9 Å². The van der Waals surface area contributed by atoms with Crippen LogP contribution >= 0.6 is 0 Å². The summed E-state index contributed by atoms with van der Waals surface area (Å²) in [6.07, 6.45) is 4.16. The molecule has 0 unspecified atom stereocenters. The van der Waals surface area contributed by atoms with Crippen molar-refractivity contribution in [3.05, 3.63) is 89.0 Å². The molecule has 0 radical (unpaired) electrons. The number of para-hydroxylation sites is 1. The van der Waals surface area contributed by atoms with Crippen molar-refractivity contribution in [1.82, 2.24) is 15.3 Å². The lowest BCUT2D eigenvalue weighted by Crippen LogP contribution is -2.34. The molecule has 1 aliphatic carbocycles. The zero-order valence-electron chi connectivity index (χ0n) is 23.9. The number of hydrogen-bond acceptors (Lipinski definition) is 6. The Morgan fingerprint density at radius 2 is 1.60 bits per heavy atom. The van der Waals surface area contributed by atoms with E-state index in [1.807, 2.05) is 93.5 Å². The van der Waals surface area contributed by atoms with Gasteiger partial charge in [0.25, 0.3) is 5.91 Å². The first kappa shape index (κ1) is 27.4. The number of aromatic nitrogens is 2. The highest BCUT2D eigenvalue weighted by molar-refractivity contribution is 5.95. The number of amides is 1. The number of carbonyl (C=O) groups excluding carboxylic acids is 1. The van der Waals surface area contributed by atoms with Gasteiger partial charge in [-0.3, -0.25) is 4.79 Å². The summed E-state index contributed by atoms with van der Waals surface area (Å²) in [6, 6.07) is 22.4. The van der Waals surface area contributed by atoms with Crippen LogP contribution in [0.15, 0.2) is 66.7 Å². The molecule has 3 aromatic carbocycles. The predicted octanol–water partition coefficient (Wildman–Crippen LogP) is 6.29. The molecule has 2 N–H and O–H groups in total. The Kier molecular flexibility index (Phi) is 8.48. The van der Waals surface area contributed by atoms with Gasteiger partial charge in [0.15, 0.2) is 0 Å². The van der Waals surface area contributed by atoms with E-state index in [0.717, 1.165) is 64.8 Å². The number of aryl methyl sites for hydroxylation is 2. The highest BCUT2D eigenvalue weighted by Gasteiger charge is 2.23. The maximum absolute atomic E-state index is 13.0. The topological polar surface area (TPSA) is 79.4 Å². The van der Waals surface area contributed by atoms with E-state index in [1.165, 1.54) is 0 Å². The maximum Gasteiger partial charge on any atom is 0.251 e. The van der Waals surface area contributed by atoms with Gasteiger partial charge in [-0.15, -0.1) is 0 Å². The van der Waals surface area contributed by atoms with E-state index < -0.39 is 0 Å². The minimum atomic E-state index is -0.0261. The van der Waals surface area contributed by atoms with Crippen molar-refractivity contribution < 1.29 is 9.53 Å². The molecule has 1 saturated carbocycles. The minimum Gasteiger partial charge on any atom is -0.488 e. The fourth-order valence-electron chi connectivity index (χ4n) is 5.54. The largest absolute Gasteiger partial charge is 0.488 e. The van der Waals surface area contributed by atoms with Crippen LogP contribution in [0.3, 0.4) is 0 Å². The molecule has 1 heterocycles. The summed E-state index contributed by atoms with van der Waals surface area (Å²) in [5, 5.41) is 7.80. The Labute approximate surface area is 237 Å². The second-order valence-corrected chi connectivity index (χ2v) is 11.1. The highest BCUT2D eigenvalue weighted by atomic mass is 16.5. The molecule has 1 aromatic heterocycles. The highest BCUT2D eigenvalue weighted by Crippen LogP contribution is 2.29. The van der Waals surface area contributed by atoms with Crippen LogP contribution in [0.1, 0.15) is 52.7 Å². The van der Waals surface area contributed by atoms with Gasteiger partial charge in [0, 0.05) is 37.6 Å². The Hall–Kier alpha value is -4.13. The van der Waals surface area contributed by atoms with Gasteiger partial charge in [0.1, 0.15) is 18.2 Å². The van der Waals surface area contributed by atoms with E-state index in [9.17, 15) is 4.79 Å². The van der Waals surface area contributed by atoms with E-state index in [2.05, 4.69) is 16.7 Å². The SMILES string of the molecule is Cc1cc(C(=O)NCC2CCC(Nc3nc(N(C)C)c4ccccc4n3)CC2)cc(C)c1OCc1ccccc1. The average molecular weight is 538 g/mol. The molecule has 4 aromatic rings.